The highest BCUT2D eigenvalue weighted by Crippen LogP contribution is 2.10. The highest BCUT2D eigenvalue weighted by Gasteiger charge is 2.33. The first-order chi connectivity index (χ1) is 13.4. The van der Waals surface area contributed by atoms with Gasteiger partial charge in [0.25, 0.3) is 0 Å². The molecule has 0 spiro atoms. The second kappa shape index (κ2) is 12.3. The van der Waals surface area contributed by atoms with Crippen LogP contribution in [0.4, 0.5) is 0 Å². The molecule has 0 saturated heterocycles. The van der Waals surface area contributed by atoms with E-state index in [9.17, 15) is 28.8 Å². The molecule has 29 heavy (non-hydrogen) atoms. The minimum absolute atomic E-state index is 0.418. The van der Waals surface area contributed by atoms with E-state index in [0.29, 0.717) is 6.42 Å². The van der Waals surface area contributed by atoms with Crippen molar-refractivity contribution in [1.29, 1.82) is 0 Å². The molecule has 0 aromatic carbocycles. The molecular formula is C16H28N6O7. The van der Waals surface area contributed by atoms with Gasteiger partial charge in [-0.3, -0.25) is 24.0 Å². The van der Waals surface area contributed by atoms with Crippen LogP contribution in [0.25, 0.3) is 0 Å². The lowest BCUT2D eigenvalue weighted by molar-refractivity contribution is -0.144. The molecule has 4 atom stereocenters. The Morgan fingerprint density at radius 2 is 1.38 bits per heavy atom. The number of rotatable bonds is 13. The van der Waals surface area contributed by atoms with Crippen molar-refractivity contribution >= 4 is 35.5 Å². The van der Waals surface area contributed by atoms with Crippen molar-refractivity contribution in [2.45, 2.75) is 51.2 Å². The highest BCUT2D eigenvalue weighted by molar-refractivity contribution is 5.96. The largest absolute Gasteiger partial charge is 0.480 e. The first kappa shape index (κ1) is 25.8. The van der Waals surface area contributed by atoms with Gasteiger partial charge in [0.15, 0.2) is 0 Å². The molecule has 10 N–H and O–H groups in total. The fraction of sp³-hybridized carbons (Fsp3) is 0.625. The van der Waals surface area contributed by atoms with Crippen LogP contribution in [0, 0.1) is 5.92 Å². The van der Waals surface area contributed by atoms with Gasteiger partial charge in [-0.25, -0.2) is 4.79 Å². The van der Waals surface area contributed by atoms with Crippen molar-refractivity contribution < 1.29 is 33.9 Å². The van der Waals surface area contributed by atoms with Crippen LogP contribution in [0.15, 0.2) is 0 Å². The normalized spacial score (nSPS) is 14.6. The molecular weight excluding hydrogens is 388 g/mol. The van der Waals surface area contributed by atoms with Crippen LogP contribution in [0.5, 0.6) is 0 Å². The van der Waals surface area contributed by atoms with E-state index in [1.54, 1.807) is 13.8 Å². The fourth-order valence-electron chi connectivity index (χ4n) is 2.28. The minimum atomic E-state index is -1.58. The van der Waals surface area contributed by atoms with Gasteiger partial charge in [0.1, 0.15) is 18.1 Å². The van der Waals surface area contributed by atoms with E-state index in [-0.39, 0.29) is 0 Å². The molecule has 0 aliphatic heterocycles. The number of nitrogens with one attached hydrogen (secondary N) is 3. The molecule has 0 aromatic rings. The Kier molecular flexibility index (Phi) is 10.9. The summed E-state index contributed by atoms with van der Waals surface area (Å²) >= 11 is 0. The number of aliphatic carboxylic acids is 1. The Balaban J connectivity index is 5.47. The summed E-state index contributed by atoms with van der Waals surface area (Å²) in [4.78, 5) is 70.0. The number of hydrogen-bond donors (Lipinski definition) is 7. The van der Waals surface area contributed by atoms with Gasteiger partial charge in [-0.1, -0.05) is 20.3 Å². The predicted molar refractivity (Wildman–Crippen MR) is 99.6 cm³/mol. The second-order valence-corrected chi connectivity index (χ2v) is 6.44. The van der Waals surface area contributed by atoms with E-state index >= 15 is 0 Å². The average Bonchev–Trinajstić information content (AvgIpc) is 2.62. The molecule has 13 nitrogen and oxygen atoms in total. The standard InChI is InChI=1S/C16H28N6O7/c1-3-7(2)13(15(27)21-9(16(28)29)5-11(19)24)22-14(26)8(4-10(18)23)20-12(25)6-17/h7-9,13H,3-6,17H2,1-2H3,(H2,18,23)(H2,19,24)(H,20,25)(H,21,27)(H,22,26)(H,28,29). The first-order valence-electron chi connectivity index (χ1n) is 8.82. The highest BCUT2D eigenvalue weighted by atomic mass is 16.4. The van der Waals surface area contributed by atoms with Crippen LogP contribution in [0.2, 0.25) is 0 Å². The average molecular weight is 416 g/mol. The van der Waals surface area contributed by atoms with E-state index in [4.69, 9.17) is 22.3 Å². The number of nitrogens with two attached hydrogens (primary N) is 3. The number of primary amides is 2. The van der Waals surface area contributed by atoms with Crippen LogP contribution >= 0.6 is 0 Å². The summed E-state index contributed by atoms with van der Waals surface area (Å²) in [5.74, 6) is -6.22. The predicted octanol–water partition coefficient (Wildman–Crippen LogP) is -3.72. The van der Waals surface area contributed by atoms with E-state index in [1.807, 2.05) is 0 Å². The van der Waals surface area contributed by atoms with Gasteiger partial charge in [-0.05, 0) is 5.92 Å². The zero-order chi connectivity index (χ0) is 22.7. The van der Waals surface area contributed by atoms with Gasteiger partial charge in [0.2, 0.25) is 29.5 Å². The third-order valence-electron chi connectivity index (χ3n) is 4.06. The second-order valence-electron chi connectivity index (χ2n) is 6.44. The monoisotopic (exact) mass is 416 g/mol. The summed E-state index contributed by atoms with van der Waals surface area (Å²) in [6.45, 7) is 2.91. The lowest BCUT2D eigenvalue weighted by Crippen LogP contribution is -2.58. The van der Waals surface area contributed by atoms with Gasteiger partial charge in [0, 0.05) is 0 Å². The van der Waals surface area contributed by atoms with Crippen LogP contribution < -0.4 is 33.2 Å². The third kappa shape index (κ3) is 9.51. The van der Waals surface area contributed by atoms with Gasteiger partial charge in [-0.2, -0.15) is 0 Å². The molecule has 13 heteroatoms. The van der Waals surface area contributed by atoms with Gasteiger partial charge >= 0.3 is 5.97 Å². The van der Waals surface area contributed by atoms with Crippen LogP contribution in [-0.4, -0.2) is 65.3 Å². The van der Waals surface area contributed by atoms with Gasteiger partial charge < -0.3 is 38.3 Å². The molecule has 0 radical (unpaired) electrons. The van der Waals surface area contributed by atoms with E-state index in [2.05, 4.69) is 16.0 Å². The molecule has 5 amide bonds. The Labute approximate surface area is 167 Å². The maximum atomic E-state index is 12.6. The molecule has 0 fully saturated rings. The van der Waals surface area contributed by atoms with Crippen molar-refractivity contribution in [2.75, 3.05) is 6.54 Å². The first-order valence-corrected chi connectivity index (χ1v) is 8.82. The molecule has 164 valence electrons. The molecule has 0 saturated carbocycles. The number of hydrogen-bond acceptors (Lipinski definition) is 7. The smallest absolute Gasteiger partial charge is 0.326 e. The Morgan fingerprint density at radius 3 is 1.79 bits per heavy atom. The zero-order valence-corrected chi connectivity index (χ0v) is 16.3. The van der Waals surface area contributed by atoms with Crippen molar-refractivity contribution in [2.24, 2.45) is 23.1 Å². The molecule has 0 bridgehead atoms. The summed E-state index contributed by atoms with van der Waals surface area (Å²) in [6, 6.07) is -4.17. The van der Waals surface area contributed by atoms with Crippen molar-refractivity contribution in [3.8, 4) is 0 Å². The maximum Gasteiger partial charge on any atom is 0.326 e. The van der Waals surface area contributed by atoms with Crippen molar-refractivity contribution in [3.05, 3.63) is 0 Å². The topological polar surface area (TPSA) is 237 Å². The summed E-state index contributed by atoms with van der Waals surface area (Å²) < 4.78 is 0. The maximum absolute atomic E-state index is 12.6. The van der Waals surface area contributed by atoms with E-state index in [0.717, 1.165) is 0 Å². The Morgan fingerprint density at radius 1 is 0.862 bits per heavy atom. The third-order valence-corrected chi connectivity index (χ3v) is 4.06. The Bertz CT molecular complexity index is 654. The molecule has 0 aliphatic rings. The van der Waals surface area contributed by atoms with Crippen LogP contribution in [0.1, 0.15) is 33.1 Å². The van der Waals surface area contributed by atoms with Crippen LogP contribution in [0.3, 0.4) is 0 Å². The van der Waals surface area contributed by atoms with E-state index in [1.165, 1.54) is 0 Å². The number of carbonyl (C=O) groups is 6. The number of carboxylic acids is 1. The van der Waals surface area contributed by atoms with Gasteiger partial charge in [-0.15, -0.1) is 0 Å². The summed E-state index contributed by atoms with van der Waals surface area (Å²) in [7, 11) is 0. The number of carboxylic acid groups (broad SMARTS) is 1. The molecule has 0 rings (SSSR count). The minimum Gasteiger partial charge on any atom is -0.480 e. The molecule has 0 aromatic heterocycles. The molecule has 0 aliphatic carbocycles. The van der Waals surface area contributed by atoms with E-state index < -0.39 is 78.9 Å². The summed E-state index contributed by atoms with van der Waals surface area (Å²) in [5.41, 5.74) is 15.2. The lowest BCUT2D eigenvalue weighted by atomic mass is 9.97. The van der Waals surface area contributed by atoms with Crippen LogP contribution in [-0.2, 0) is 28.8 Å². The fourth-order valence-corrected chi connectivity index (χ4v) is 2.28. The van der Waals surface area contributed by atoms with Crippen molar-refractivity contribution in [1.82, 2.24) is 16.0 Å². The Hall–Kier alpha value is -3.22. The molecule has 4 unspecified atom stereocenters. The molecule has 0 heterocycles. The lowest BCUT2D eigenvalue weighted by Gasteiger charge is -2.27. The number of carbonyl (C=O) groups excluding carboxylic acids is 5. The summed E-state index contributed by atoms with van der Waals surface area (Å²) in [6.07, 6.45) is -0.757. The number of amides is 5. The summed E-state index contributed by atoms with van der Waals surface area (Å²) in [5, 5.41) is 15.9. The zero-order valence-electron chi connectivity index (χ0n) is 16.3. The SMILES string of the molecule is CCC(C)C(NC(=O)C(CC(N)=O)NC(=O)CN)C(=O)NC(CC(N)=O)C(=O)O. The van der Waals surface area contributed by atoms with Gasteiger partial charge in [0.05, 0.1) is 19.4 Å². The van der Waals surface area contributed by atoms with Crippen molar-refractivity contribution in [3.63, 3.8) is 0 Å². The quantitative estimate of drug-likeness (QED) is 0.157.